The molecular weight excluding hydrogens is 411 g/mol. The second-order valence-corrected chi connectivity index (χ2v) is 8.57. The van der Waals surface area contributed by atoms with Gasteiger partial charge < -0.3 is 15.5 Å². The van der Waals surface area contributed by atoms with E-state index in [9.17, 15) is 9.18 Å². The molecule has 1 saturated heterocycles. The average Bonchev–Trinajstić information content (AvgIpc) is 3.26. The zero-order valence-electron chi connectivity index (χ0n) is 17.9. The molecule has 0 bridgehead atoms. The van der Waals surface area contributed by atoms with Gasteiger partial charge in [-0.15, -0.1) is 0 Å². The van der Waals surface area contributed by atoms with Crippen molar-refractivity contribution in [1.29, 1.82) is 0 Å². The van der Waals surface area contributed by atoms with Crippen molar-refractivity contribution in [2.24, 2.45) is 0 Å². The molecule has 1 aliphatic carbocycles. The zero-order chi connectivity index (χ0) is 21.9. The molecule has 0 spiro atoms. The first kappa shape index (κ1) is 20.6. The van der Waals surface area contributed by atoms with E-state index in [0.717, 1.165) is 57.0 Å². The maximum atomic E-state index is 14.5. The van der Waals surface area contributed by atoms with Gasteiger partial charge in [0.1, 0.15) is 5.69 Å². The van der Waals surface area contributed by atoms with E-state index in [4.69, 9.17) is 0 Å². The molecule has 3 N–H and O–H groups in total. The summed E-state index contributed by atoms with van der Waals surface area (Å²) in [5.41, 5.74) is 1.16. The van der Waals surface area contributed by atoms with Crippen LogP contribution in [0.15, 0.2) is 24.5 Å². The second kappa shape index (κ2) is 9.05. The SMILES string of the molecule is O=C(N[C@H]1CCC[C@@H](Nc2nc(-c3[nH]nc4ncccc34)ncc2F)C1)N1CCCCC1. The van der Waals surface area contributed by atoms with E-state index in [0.29, 0.717) is 17.2 Å². The number of halogens is 1. The van der Waals surface area contributed by atoms with Gasteiger partial charge in [0, 0.05) is 36.8 Å². The summed E-state index contributed by atoms with van der Waals surface area (Å²) in [6, 6.07) is 3.79. The van der Waals surface area contributed by atoms with Crippen molar-refractivity contribution < 1.29 is 9.18 Å². The molecule has 0 unspecified atom stereocenters. The minimum absolute atomic E-state index is 0.0191. The summed E-state index contributed by atoms with van der Waals surface area (Å²) in [4.78, 5) is 27.2. The number of urea groups is 1. The van der Waals surface area contributed by atoms with Crippen molar-refractivity contribution in [3.8, 4) is 11.5 Å². The lowest BCUT2D eigenvalue weighted by Gasteiger charge is -2.33. The Morgan fingerprint density at radius 2 is 1.97 bits per heavy atom. The number of carbonyl (C=O) groups excluding carboxylic acids is 1. The summed E-state index contributed by atoms with van der Waals surface area (Å²) in [5, 5.41) is 14.3. The number of nitrogens with zero attached hydrogens (tertiary/aromatic N) is 5. The van der Waals surface area contributed by atoms with Gasteiger partial charge in [0.2, 0.25) is 0 Å². The minimum atomic E-state index is -0.504. The monoisotopic (exact) mass is 438 g/mol. The smallest absolute Gasteiger partial charge is 0.317 e. The molecule has 0 aromatic carbocycles. The molecular formula is C22H27FN8O. The lowest BCUT2D eigenvalue weighted by molar-refractivity contribution is 0.178. The molecule has 2 atom stereocenters. The first-order chi connectivity index (χ1) is 15.7. The van der Waals surface area contributed by atoms with Crippen LogP contribution in [0.5, 0.6) is 0 Å². The Hall–Kier alpha value is -3.30. The maximum absolute atomic E-state index is 14.5. The summed E-state index contributed by atoms with van der Waals surface area (Å²) in [6.45, 7) is 1.65. The number of carbonyl (C=O) groups is 1. The van der Waals surface area contributed by atoms with Crippen LogP contribution in [0.1, 0.15) is 44.9 Å². The van der Waals surface area contributed by atoms with Gasteiger partial charge in [-0.05, 0) is 57.1 Å². The van der Waals surface area contributed by atoms with Crippen molar-refractivity contribution in [3.63, 3.8) is 0 Å². The number of amides is 2. The first-order valence-electron chi connectivity index (χ1n) is 11.3. The van der Waals surface area contributed by atoms with Crippen molar-refractivity contribution in [1.82, 2.24) is 35.4 Å². The van der Waals surface area contributed by atoms with Gasteiger partial charge in [0.05, 0.1) is 6.20 Å². The predicted octanol–water partition coefficient (Wildman–Crippen LogP) is 3.47. The van der Waals surface area contributed by atoms with Crippen LogP contribution >= 0.6 is 0 Å². The van der Waals surface area contributed by atoms with Gasteiger partial charge in [-0.3, -0.25) is 5.10 Å². The Balaban J connectivity index is 1.27. The number of fused-ring (bicyclic) bond motifs is 1. The summed E-state index contributed by atoms with van der Waals surface area (Å²) in [6.07, 6.45) is 9.68. The molecule has 168 valence electrons. The Kier molecular flexibility index (Phi) is 5.83. The summed E-state index contributed by atoms with van der Waals surface area (Å²) < 4.78 is 14.5. The molecule has 0 radical (unpaired) electrons. The third-order valence-corrected chi connectivity index (χ3v) is 6.28. The van der Waals surface area contributed by atoms with Gasteiger partial charge in [-0.2, -0.15) is 5.10 Å². The molecule has 9 nitrogen and oxygen atoms in total. The standard InChI is InChI=1S/C22H27FN8O/c23-17-13-25-21(18-16-8-5-9-24-19(16)30-29-18)28-20(17)26-14-6-4-7-15(12-14)27-22(32)31-10-2-1-3-11-31/h5,8-9,13-15H,1-4,6-7,10-12H2,(H,27,32)(H,24,29,30)(H,25,26,28)/t14-,15+/m1/s1. The molecule has 3 aromatic rings. The van der Waals surface area contributed by atoms with Crippen LogP contribution < -0.4 is 10.6 Å². The first-order valence-corrected chi connectivity index (χ1v) is 11.3. The number of aromatic amines is 1. The fourth-order valence-electron chi connectivity index (χ4n) is 4.62. The van der Waals surface area contributed by atoms with Crippen LogP contribution in [0.4, 0.5) is 15.0 Å². The number of nitrogens with one attached hydrogen (secondary N) is 3. The normalized spacial score (nSPS) is 21.5. The Labute approximate surface area is 185 Å². The highest BCUT2D eigenvalue weighted by Crippen LogP contribution is 2.26. The van der Waals surface area contributed by atoms with E-state index in [2.05, 4.69) is 35.8 Å². The van der Waals surface area contributed by atoms with Crippen molar-refractivity contribution >= 4 is 22.9 Å². The van der Waals surface area contributed by atoms with Crippen LogP contribution in [0, 0.1) is 5.82 Å². The Morgan fingerprint density at radius 1 is 1.12 bits per heavy atom. The van der Waals surface area contributed by atoms with Crippen LogP contribution in [-0.2, 0) is 0 Å². The average molecular weight is 439 g/mol. The van der Waals surface area contributed by atoms with Crippen LogP contribution in [0.25, 0.3) is 22.6 Å². The van der Waals surface area contributed by atoms with E-state index in [1.165, 1.54) is 12.6 Å². The molecule has 10 heteroatoms. The van der Waals surface area contributed by atoms with Crippen molar-refractivity contribution in [2.75, 3.05) is 18.4 Å². The number of rotatable bonds is 4. The van der Waals surface area contributed by atoms with Gasteiger partial charge in [0.25, 0.3) is 0 Å². The molecule has 3 aromatic heterocycles. The Bertz CT molecular complexity index is 1100. The van der Waals surface area contributed by atoms with Gasteiger partial charge in [-0.25, -0.2) is 24.1 Å². The number of pyridine rings is 1. The highest BCUT2D eigenvalue weighted by Gasteiger charge is 2.26. The van der Waals surface area contributed by atoms with E-state index in [1.807, 2.05) is 17.0 Å². The number of piperidine rings is 1. The molecule has 1 aliphatic heterocycles. The molecule has 4 heterocycles. The van der Waals surface area contributed by atoms with E-state index >= 15 is 0 Å². The highest BCUT2D eigenvalue weighted by molar-refractivity contribution is 5.88. The lowest BCUT2D eigenvalue weighted by Crippen LogP contribution is -2.49. The van der Waals surface area contributed by atoms with E-state index in [-0.39, 0.29) is 23.9 Å². The summed E-state index contributed by atoms with van der Waals surface area (Å²) in [5.74, 6) is 0.0139. The quantitative estimate of drug-likeness (QED) is 0.575. The molecule has 5 rings (SSSR count). The largest absolute Gasteiger partial charge is 0.365 e. The van der Waals surface area contributed by atoms with E-state index < -0.39 is 5.82 Å². The van der Waals surface area contributed by atoms with E-state index in [1.54, 1.807) is 6.20 Å². The maximum Gasteiger partial charge on any atom is 0.317 e. The Morgan fingerprint density at radius 3 is 2.84 bits per heavy atom. The fourth-order valence-corrected chi connectivity index (χ4v) is 4.62. The number of hydrogen-bond acceptors (Lipinski definition) is 6. The predicted molar refractivity (Wildman–Crippen MR) is 118 cm³/mol. The van der Waals surface area contributed by atoms with Crippen LogP contribution in [0.3, 0.4) is 0 Å². The molecule has 32 heavy (non-hydrogen) atoms. The van der Waals surface area contributed by atoms with Gasteiger partial charge in [0.15, 0.2) is 23.1 Å². The van der Waals surface area contributed by atoms with Gasteiger partial charge in [-0.1, -0.05) is 0 Å². The van der Waals surface area contributed by atoms with Gasteiger partial charge >= 0.3 is 6.03 Å². The molecule has 2 aliphatic rings. The molecule has 2 amide bonds. The third kappa shape index (κ3) is 4.35. The number of likely N-dealkylation sites (tertiary alicyclic amines) is 1. The summed E-state index contributed by atoms with van der Waals surface area (Å²) >= 11 is 0. The topological polar surface area (TPSA) is 112 Å². The molecule has 1 saturated carbocycles. The molecule has 2 fully saturated rings. The van der Waals surface area contributed by atoms with Crippen LogP contribution in [-0.4, -0.2) is 61.3 Å². The zero-order valence-corrected chi connectivity index (χ0v) is 17.9. The third-order valence-electron chi connectivity index (χ3n) is 6.28. The van der Waals surface area contributed by atoms with Crippen molar-refractivity contribution in [2.45, 2.75) is 57.0 Å². The number of aromatic nitrogens is 5. The number of hydrogen-bond donors (Lipinski definition) is 3. The van der Waals surface area contributed by atoms with Crippen molar-refractivity contribution in [3.05, 3.63) is 30.3 Å². The lowest BCUT2D eigenvalue weighted by atomic mass is 9.91. The number of H-pyrrole nitrogens is 1. The number of anilines is 1. The fraction of sp³-hybridized carbons (Fsp3) is 0.500. The minimum Gasteiger partial charge on any atom is -0.365 e. The summed E-state index contributed by atoms with van der Waals surface area (Å²) in [7, 11) is 0. The van der Waals surface area contributed by atoms with Crippen LogP contribution in [0.2, 0.25) is 0 Å². The highest BCUT2D eigenvalue weighted by atomic mass is 19.1. The second-order valence-electron chi connectivity index (χ2n) is 8.57.